The highest BCUT2D eigenvalue weighted by Crippen LogP contribution is 2.42. The summed E-state index contributed by atoms with van der Waals surface area (Å²) in [7, 11) is 0. The van der Waals surface area contributed by atoms with Crippen LogP contribution in [0.15, 0.2) is 17.5 Å². The second-order valence-electron chi connectivity index (χ2n) is 6.01. The highest BCUT2D eigenvalue weighted by Gasteiger charge is 2.34. The molecule has 1 unspecified atom stereocenters. The minimum atomic E-state index is -0.217. The van der Waals surface area contributed by atoms with E-state index in [2.05, 4.69) is 27.7 Å². The SMILES string of the molecule is NC(=O)CN1CCC(NC(c2cccs2)C2CC2)CC1. The van der Waals surface area contributed by atoms with E-state index in [0.29, 0.717) is 18.6 Å². The number of carbonyl (C=O) groups excluding carboxylic acids is 1. The van der Waals surface area contributed by atoms with Crippen LogP contribution in [0.25, 0.3) is 0 Å². The molecule has 2 aliphatic rings. The van der Waals surface area contributed by atoms with E-state index in [1.54, 1.807) is 0 Å². The third-order valence-corrected chi connectivity index (χ3v) is 5.28. The maximum absolute atomic E-state index is 10.9. The molecule has 3 N–H and O–H groups in total. The Hall–Kier alpha value is -0.910. The maximum atomic E-state index is 10.9. The molecule has 1 atom stereocenters. The summed E-state index contributed by atoms with van der Waals surface area (Å²) in [6.45, 7) is 2.36. The predicted octanol–water partition coefficient (Wildman–Crippen LogP) is 1.74. The van der Waals surface area contributed by atoms with E-state index < -0.39 is 0 Å². The number of likely N-dealkylation sites (tertiary alicyclic amines) is 1. The molecule has 20 heavy (non-hydrogen) atoms. The van der Waals surface area contributed by atoms with Gasteiger partial charge >= 0.3 is 0 Å². The molecule has 1 aromatic heterocycles. The quantitative estimate of drug-likeness (QED) is 0.840. The van der Waals surface area contributed by atoms with Crippen LogP contribution in [0.2, 0.25) is 0 Å². The molecule has 110 valence electrons. The molecule has 5 heteroatoms. The van der Waals surface area contributed by atoms with Crippen molar-refractivity contribution in [1.82, 2.24) is 10.2 Å². The number of amides is 1. The Balaban J connectivity index is 1.52. The van der Waals surface area contributed by atoms with Gasteiger partial charge in [0.1, 0.15) is 0 Å². The molecular weight excluding hydrogens is 270 g/mol. The summed E-state index contributed by atoms with van der Waals surface area (Å²) < 4.78 is 0. The van der Waals surface area contributed by atoms with Crippen LogP contribution < -0.4 is 11.1 Å². The largest absolute Gasteiger partial charge is 0.369 e. The fourth-order valence-corrected chi connectivity index (χ4v) is 3.96. The van der Waals surface area contributed by atoms with Crippen molar-refractivity contribution in [1.29, 1.82) is 0 Å². The van der Waals surface area contributed by atoms with E-state index in [4.69, 9.17) is 5.73 Å². The molecule has 0 bridgehead atoms. The van der Waals surface area contributed by atoms with Gasteiger partial charge in [-0.2, -0.15) is 0 Å². The third kappa shape index (κ3) is 3.59. The van der Waals surface area contributed by atoms with Crippen molar-refractivity contribution in [3.05, 3.63) is 22.4 Å². The Bertz CT molecular complexity index is 436. The number of hydrogen-bond donors (Lipinski definition) is 2. The maximum Gasteiger partial charge on any atom is 0.231 e. The Kier molecular flexibility index (Phi) is 4.38. The first-order chi connectivity index (χ1) is 9.72. The number of hydrogen-bond acceptors (Lipinski definition) is 4. The number of rotatable bonds is 6. The molecule has 2 heterocycles. The Morgan fingerprint density at radius 1 is 1.40 bits per heavy atom. The molecule has 0 radical (unpaired) electrons. The number of nitrogens with one attached hydrogen (secondary N) is 1. The van der Waals surface area contributed by atoms with Crippen LogP contribution in [-0.2, 0) is 4.79 Å². The first-order valence-corrected chi connectivity index (χ1v) is 8.40. The second kappa shape index (κ2) is 6.24. The van der Waals surface area contributed by atoms with Crippen molar-refractivity contribution in [3.8, 4) is 0 Å². The smallest absolute Gasteiger partial charge is 0.231 e. The highest BCUT2D eigenvalue weighted by molar-refractivity contribution is 7.10. The average molecular weight is 293 g/mol. The van der Waals surface area contributed by atoms with E-state index in [9.17, 15) is 4.79 Å². The summed E-state index contributed by atoms with van der Waals surface area (Å²) in [5, 5.41) is 6.03. The Morgan fingerprint density at radius 3 is 2.70 bits per heavy atom. The lowest BCUT2D eigenvalue weighted by Crippen LogP contribution is -2.46. The van der Waals surface area contributed by atoms with Crippen molar-refractivity contribution in [2.45, 2.75) is 37.8 Å². The van der Waals surface area contributed by atoms with Gasteiger partial charge in [-0.05, 0) is 43.0 Å². The summed E-state index contributed by atoms with van der Waals surface area (Å²) in [6, 6.07) is 5.52. The van der Waals surface area contributed by atoms with Crippen molar-refractivity contribution in [2.75, 3.05) is 19.6 Å². The molecule has 1 amide bonds. The lowest BCUT2D eigenvalue weighted by molar-refractivity contribution is -0.119. The van der Waals surface area contributed by atoms with Crippen LogP contribution >= 0.6 is 11.3 Å². The van der Waals surface area contributed by atoms with Gasteiger partial charge in [-0.15, -0.1) is 11.3 Å². The van der Waals surface area contributed by atoms with Crippen LogP contribution in [0.3, 0.4) is 0 Å². The first kappa shape index (κ1) is 14.0. The number of nitrogens with two attached hydrogens (primary N) is 1. The van der Waals surface area contributed by atoms with Crippen LogP contribution in [0.4, 0.5) is 0 Å². The van der Waals surface area contributed by atoms with Gasteiger partial charge in [-0.25, -0.2) is 0 Å². The fraction of sp³-hybridized carbons (Fsp3) is 0.667. The zero-order valence-corrected chi connectivity index (χ0v) is 12.6. The monoisotopic (exact) mass is 293 g/mol. The normalized spacial score (nSPS) is 22.8. The van der Waals surface area contributed by atoms with Gasteiger partial charge < -0.3 is 11.1 Å². The van der Waals surface area contributed by atoms with Gasteiger partial charge in [0.05, 0.1) is 6.54 Å². The minimum absolute atomic E-state index is 0.217. The van der Waals surface area contributed by atoms with E-state index in [1.165, 1.54) is 17.7 Å². The minimum Gasteiger partial charge on any atom is -0.369 e. The second-order valence-corrected chi connectivity index (χ2v) is 6.99. The summed E-state index contributed by atoms with van der Waals surface area (Å²) >= 11 is 1.86. The molecule has 4 nitrogen and oxygen atoms in total. The molecule has 1 aromatic rings. The zero-order chi connectivity index (χ0) is 13.9. The van der Waals surface area contributed by atoms with Crippen molar-refractivity contribution in [3.63, 3.8) is 0 Å². The number of nitrogens with zero attached hydrogens (tertiary/aromatic N) is 1. The van der Waals surface area contributed by atoms with Crippen LogP contribution in [0.5, 0.6) is 0 Å². The number of primary amides is 1. The third-order valence-electron chi connectivity index (χ3n) is 4.33. The summed E-state index contributed by atoms with van der Waals surface area (Å²) in [4.78, 5) is 14.6. The van der Waals surface area contributed by atoms with E-state index in [0.717, 1.165) is 31.8 Å². The molecule has 1 saturated carbocycles. The highest BCUT2D eigenvalue weighted by atomic mass is 32.1. The van der Waals surface area contributed by atoms with Gasteiger partial charge in [-0.3, -0.25) is 9.69 Å². The van der Waals surface area contributed by atoms with Gasteiger partial charge in [0.2, 0.25) is 5.91 Å². The fourth-order valence-electron chi connectivity index (χ4n) is 3.08. The molecule has 2 fully saturated rings. The van der Waals surface area contributed by atoms with Gasteiger partial charge in [0.25, 0.3) is 0 Å². The molecule has 1 saturated heterocycles. The van der Waals surface area contributed by atoms with Crippen molar-refractivity contribution >= 4 is 17.2 Å². The number of carbonyl (C=O) groups is 1. The molecule has 0 spiro atoms. The standard InChI is InChI=1S/C15H23N3OS/c16-14(19)10-18-7-5-12(6-8-18)17-15(11-3-4-11)13-2-1-9-20-13/h1-2,9,11-12,15,17H,3-8,10H2,(H2,16,19). The van der Waals surface area contributed by atoms with Gasteiger partial charge in [0, 0.05) is 30.1 Å². The summed E-state index contributed by atoms with van der Waals surface area (Å²) in [6.07, 6.45) is 4.94. The number of thiophene rings is 1. The lowest BCUT2D eigenvalue weighted by atomic mass is 10.0. The summed E-state index contributed by atoms with van der Waals surface area (Å²) in [5.74, 6) is 0.614. The van der Waals surface area contributed by atoms with Crippen LogP contribution in [0.1, 0.15) is 36.6 Å². The van der Waals surface area contributed by atoms with Gasteiger partial charge in [0.15, 0.2) is 0 Å². The Morgan fingerprint density at radius 2 is 2.15 bits per heavy atom. The van der Waals surface area contributed by atoms with Crippen molar-refractivity contribution in [2.24, 2.45) is 11.7 Å². The molecule has 1 aliphatic heterocycles. The molecular formula is C15H23N3OS. The van der Waals surface area contributed by atoms with Crippen LogP contribution in [0, 0.1) is 5.92 Å². The van der Waals surface area contributed by atoms with E-state index >= 15 is 0 Å². The van der Waals surface area contributed by atoms with E-state index in [1.807, 2.05) is 11.3 Å². The van der Waals surface area contributed by atoms with Gasteiger partial charge in [-0.1, -0.05) is 6.07 Å². The van der Waals surface area contributed by atoms with Crippen LogP contribution in [-0.4, -0.2) is 36.5 Å². The molecule has 0 aromatic carbocycles. The predicted molar refractivity (Wildman–Crippen MR) is 81.6 cm³/mol. The topological polar surface area (TPSA) is 58.4 Å². The Labute approximate surface area is 124 Å². The molecule has 3 rings (SSSR count). The molecule has 1 aliphatic carbocycles. The first-order valence-electron chi connectivity index (χ1n) is 7.52. The van der Waals surface area contributed by atoms with E-state index in [-0.39, 0.29) is 5.91 Å². The average Bonchev–Trinajstić information content (AvgIpc) is 3.12. The number of piperidine rings is 1. The summed E-state index contributed by atoms with van der Waals surface area (Å²) in [5.41, 5.74) is 5.26. The zero-order valence-electron chi connectivity index (χ0n) is 11.8. The lowest BCUT2D eigenvalue weighted by Gasteiger charge is -2.34. The van der Waals surface area contributed by atoms with Crippen molar-refractivity contribution < 1.29 is 4.79 Å².